The van der Waals surface area contributed by atoms with E-state index in [9.17, 15) is 14.4 Å². The lowest BCUT2D eigenvalue weighted by atomic mass is 9.94. The van der Waals surface area contributed by atoms with Gasteiger partial charge < -0.3 is 15.1 Å². The molecular weight excluding hydrogens is 366 g/mol. The molecule has 1 aromatic carbocycles. The molecule has 2 fully saturated rings. The maximum Gasteiger partial charge on any atom is 0.227 e. The Morgan fingerprint density at radius 2 is 1.69 bits per heavy atom. The van der Waals surface area contributed by atoms with Crippen molar-refractivity contribution in [2.45, 2.75) is 58.5 Å². The number of nitrogens with one attached hydrogen (secondary N) is 1. The van der Waals surface area contributed by atoms with Gasteiger partial charge in [0.25, 0.3) is 0 Å². The van der Waals surface area contributed by atoms with Gasteiger partial charge in [-0.25, -0.2) is 0 Å². The Labute approximate surface area is 173 Å². The number of carbonyl (C=O) groups is 3. The van der Waals surface area contributed by atoms with Crippen molar-refractivity contribution in [2.75, 3.05) is 19.6 Å². The molecule has 1 N–H and O–H groups in total. The summed E-state index contributed by atoms with van der Waals surface area (Å²) in [6.45, 7) is 9.64. The molecule has 29 heavy (non-hydrogen) atoms. The normalized spacial score (nSPS) is 21.9. The molecule has 0 aromatic heterocycles. The van der Waals surface area contributed by atoms with Gasteiger partial charge in [-0.2, -0.15) is 0 Å². The first kappa shape index (κ1) is 21.3. The van der Waals surface area contributed by atoms with E-state index in [1.165, 1.54) is 0 Å². The van der Waals surface area contributed by atoms with E-state index in [0.717, 1.165) is 5.56 Å². The predicted octanol–water partition coefficient (Wildman–Crippen LogP) is 2.75. The Balaban J connectivity index is 1.49. The van der Waals surface area contributed by atoms with E-state index < -0.39 is 0 Å². The van der Waals surface area contributed by atoms with Crippen LogP contribution >= 0.6 is 0 Å². The van der Waals surface area contributed by atoms with Crippen molar-refractivity contribution >= 4 is 17.7 Å². The summed E-state index contributed by atoms with van der Waals surface area (Å²) >= 11 is 0. The second-order valence-electron chi connectivity index (χ2n) is 9.32. The van der Waals surface area contributed by atoms with Gasteiger partial charge in [0.2, 0.25) is 17.7 Å². The van der Waals surface area contributed by atoms with Crippen LogP contribution in [0, 0.1) is 11.8 Å². The Kier molecular flexibility index (Phi) is 6.30. The van der Waals surface area contributed by atoms with Crippen LogP contribution in [0.5, 0.6) is 0 Å². The molecule has 2 aliphatic rings. The zero-order chi connectivity index (χ0) is 21.2. The molecule has 0 aliphatic carbocycles. The first-order valence-electron chi connectivity index (χ1n) is 10.6. The van der Waals surface area contributed by atoms with E-state index in [4.69, 9.17) is 0 Å². The van der Waals surface area contributed by atoms with Crippen LogP contribution in [0.3, 0.4) is 0 Å². The molecule has 1 aromatic rings. The van der Waals surface area contributed by atoms with Gasteiger partial charge in [0.15, 0.2) is 0 Å². The highest BCUT2D eigenvalue weighted by Gasteiger charge is 2.41. The first-order valence-corrected chi connectivity index (χ1v) is 10.6. The maximum atomic E-state index is 12.9. The number of piperidine rings is 1. The molecule has 6 heteroatoms. The van der Waals surface area contributed by atoms with Crippen molar-refractivity contribution in [1.82, 2.24) is 15.1 Å². The number of likely N-dealkylation sites (tertiary alicyclic amines) is 2. The lowest BCUT2D eigenvalue weighted by Crippen LogP contribution is -2.46. The number of amides is 3. The topological polar surface area (TPSA) is 69.7 Å². The fraction of sp³-hybridized carbons (Fsp3) is 0.609. The lowest BCUT2D eigenvalue weighted by molar-refractivity contribution is -0.139. The smallest absolute Gasteiger partial charge is 0.227 e. The van der Waals surface area contributed by atoms with Crippen LogP contribution in [0.25, 0.3) is 0 Å². The standard InChI is InChI=1S/C23H33N3O3/c1-16(17-8-6-5-7-9-17)24-21(28)18-10-12-25(13-11-18)22(29)19-14-20(27)26(15-19)23(2,3)4/h5-9,16,18-19H,10-15H2,1-4H3,(H,24,28)/t16-,19+/m1/s1. The number of nitrogens with zero attached hydrogens (tertiary/aromatic N) is 2. The van der Waals surface area contributed by atoms with Crippen molar-refractivity contribution in [2.24, 2.45) is 11.8 Å². The average molecular weight is 400 g/mol. The van der Waals surface area contributed by atoms with Gasteiger partial charge in [0.1, 0.15) is 0 Å². The summed E-state index contributed by atoms with van der Waals surface area (Å²) in [5.74, 6) is -0.156. The van der Waals surface area contributed by atoms with E-state index in [2.05, 4.69) is 5.32 Å². The Bertz CT molecular complexity index is 748. The van der Waals surface area contributed by atoms with E-state index >= 15 is 0 Å². The molecule has 3 amide bonds. The van der Waals surface area contributed by atoms with Gasteiger partial charge in [-0.1, -0.05) is 30.3 Å². The zero-order valence-corrected chi connectivity index (χ0v) is 18.0. The summed E-state index contributed by atoms with van der Waals surface area (Å²) in [5.41, 5.74) is 0.829. The van der Waals surface area contributed by atoms with Gasteiger partial charge in [0, 0.05) is 37.5 Å². The van der Waals surface area contributed by atoms with Crippen molar-refractivity contribution in [3.63, 3.8) is 0 Å². The molecule has 0 spiro atoms. The minimum absolute atomic E-state index is 0.0313. The Hall–Kier alpha value is -2.37. The summed E-state index contributed by atoms with van der Waals surface area (Å²) in [6.07, 6.45) is 1.64. The summed E-state index contributed by atoms with van der Waals surface area (Å²) in [4.78, 5) is 41.5. The summed E-state index contributed by atoms with van der Waals surface area (Å²) in [6, 6.07) is 9.89. The van der Waals surface area contributed by atoms with Crippen LogP contribution in [0.1, 0.15) is 58.6 Å². The summed E-state index contributed by atoms with van der Waals surface area (Å²) < 4.78 is 0. The van der Waals surface area contributed by atoms with E-state index in [1.54, 1.807) is 4.90 Å². The first-order chi connectivity index (χ1) is 13.7. The van der Waals surface area contributed by atoms with E-state index in [-0.39, 0.29) is 41.1 Å². The molecule has 0 saturated carbocycles. The quantitative estimate of drug-likeness (QED) is 0.846. The molecule has 0 radical (unpaired) electrons. The molecule has 2 atom stereocenters. The Morgan fingerprint density at radius 1 is 1.07 bits per heavy atom. The molecule has 6 nitrogen and oxygen atoms in total. The van der Waals surface area contributed by atoms with Crippen LogP contribution in [0.4, 0.5) is 0 Å². The second-order valence-corrected chi connectivity index (χ2v) is 9.32. The average Bonchev–Trinajstić information content (AvgIpc) is 3.10. The third-order valence-corrected chi connectivity index (χ3v) is 6.12. The van der Waals surface area contributed by atoms with Crippen LogP contribution in [0.2, 0.25) is 0 Å². The van der Waals surface area contributed by atoms with Gasteiger partial charge in [-0.05, 0) is 46.1 Å². The van der Waals surface area contributed by atoms with Crippen molar-refractivity contribution < 1.29 is 14.4 Å². The maximum absolute atomic E-state index is 12.9. The number of rotatable bonds is 4. The number of benzene rings is 1. The molecule has 2 aliphatic heterocycles. The van der Waals surface area contributed by atoms with Crippen LogP contribution < -0.4 is 5.32 Å². The third-order valence-electron chi connectivity index (χ3n) is 6.12. The van der Waals surface area contributed by atoms with Crippen LogP contribution in [0.15, 0.2) is 30.3 Å². The van der Waals surface area contributed by atoms with Crippen molar-refractivity contribution in [3.05, 3.63) is 35.9 Å². The lowest BCUT2D eigenvalue weighted by Gasteiger charge is -2.34. The SMILES string of the molecule is C[C@@H](NC(=O)C1CCN(C(=O)[C@H]2CC(=O)N(C(C)(C)C)C2)CC1)c1ccccc1. The molecular formula is C23H33N3O3. The minimum atomic E-state index is -0.259. The van der Waals surface area contributed by atoms with Crippen molar-refractivity contribution in [3.8, 4) is 0 Å². The number of hydrogen-bond acceptors (Lipinski definition) is 3. The molecule has 0 bridgehead atoms. The predicted molar refractivity (Wildman–Crippen MR) is 112 cm³/mol. The minimum Gasteiger partial charge on any atom is -0.349 e. The number of hydrogen-bond donors (Lipinski definition) is 1. The van der Waals surface area contributed by atoms with Crippen LogP contribution in [-0.2, 0) is 14.4 Å². The van der Waals surface area contributed by atoms with Gasteiger partial charge >= 0.3 is 0 Å². The molecule has 0 unspecified atom stereocenters. The largest absolute Gasteiger partial charge is 0.349 e. The second kappa shape index (κ2) is 8.56. The molecule has 2 heterocycles. The Morgan fingerprint density at radius 3 is 2.24 bits per heavy atom. The van der Waals surface area contributed by atoms with Gasteiger partial charge in [0.05, 0.1) is 12.0 Å². The molecule has 158 valence electrons. The van der Waals surface area contributed by atoms with Crippen LogP contribution in [-0.4, -0.2) is 52.7 Å². The molecule has 2 saturated heterocycles. The van der Waals surface area contributed by atoms with Gasteiger partial charge in [-0.15, -0.1) is 0 Å². The number of carbonyl (C=O) groups excluding carboxylic acids is 3. The summed E-state index contributed by atoms with van der Waals surface area (Å²) in [7, 11) is 0. The zero-order valence-electron chi connectivity index (χ0n) is 18.0. The highest BCUT2D eigenvalue weighted by atomic mass is 16.2. The van der Waals surface area contributed by atoms with E-state index in [1.807, 2.05) is 62.9 Å². The monoisotopic (exact) mass is 399 g/mol. The van der Waals surface area contributed by atoms with Gasteiger partial charge in [-0.3, -0.25) is 14.4 Å². The fourth-order valence-corrected chi connectivity index (χ4v) is 4.30. The molecule has 3 rings (SSSR count). The van der Waals surface area contributed by atoms with E-state index in [0.29, 0.717) is 38.9 Å². The third kappa shape index (κ3) is 4.98. The highest BCUT2D eigenvalue weighted by Crippen LogP contribution is 2.28. The van der Waals surface area contributed by atoms with Crippen molar-refractivity contribution in [1.29, 1.82) is 0 Å². The summed E-state index contributed by atoms with van der Waals surface area (Å²) in [5, 5.41) is 3.10. The fourth-order valence-electron chi connectivity index (χ4n) is 4.30. The highest BCUT2D eigenvalue weighted by molar-refractivity contribution is 5.90.